The third-order valence-electron chi connectivity index (χ3n) is 4.23. The molecule has 6 heteroatoms. The SMILES string of the molecule is COc1ccc(C)cc1NC(=O)c1cc(C)nc(NCCc2ccccc2)n1. The van der Waals surface area contributed by atoms with Crippen molar-refractivity contribution in [2.75, 3.05) is 24.3 Å². The molecule has 0 radical (unpaired) electrons. The molecule has 3 rings (SSSR count). The van der Waals surface area contributed by atoms with Crippen molar-refractivity contribution >= 4 is 17.5 Å². The van der Waals surface area contributed by atoms with Gasteiger partial charge in [0.25, 0.3) is 5.91 Å². The van der Waals surface area contributed by atoms with Crippen LogP contribution in [0.25, 0.3) is 0 Å². The molecule has 0 atom stereocenters. The van der Waals surface area contributed by atoms with Crippen LogP contribution in [0.3, 0.4) is 0 Å². The Kier molecular flexibility index (Phi) is 6.22. The first-order valence-electron chi connectivity index (χ1n) is 9.14. The van der Waals surface area contributed by atoms with E-state index in [0.29, 0.717) is 29.6 Å². The molecule has 144 valence electrons. The number of nitrogens with zero attached hydrogens (tertiary/aromatic N) is 2. The zero-order valence-electron chi connectivity index (χ0n) is 16.3. The van der Waals surface area contributed by atoms with Gasteiger partial charge in [-0.05, 0) is 49.6 Å². The second-order valence-corrected chi connectivity index (χ2v) is 6.54. The van der Waals surface area contributed by atoms with Crippen molar-refractivity contribution in [1.29, 1.82) is 0 Å². The number of aryl methyl sites for hydroxylation is 2. The van der Waals surface area contributed by atoms with Crippen molar-refractivity contribution in [3.8, 4) is 5.75 Å². The molecule has 1 amide bonds. The zero-order chi connectivity index (χ0) is 19.9. The van der Waals surface area contributed by atoms with Gasteiger partial charge in [-0.25, -0.2) is 9.97 Å². The topological polar surface area (TPSA) is 76.1 Å². The van der Waals surface area contributed by atoms with Crippen molar-refractivity contribution in [3.05, 3.63) is 77.1 Å². The van der Waals surface area contributed by atoms with Gasteiger partial charge in [0.05, 0.1) is 12.8 Å². The minimum atomic E-state index is -0.305. The summed E-state index contributed by atoms with van der Waals surface area (Å²) < 4.78 is 5.32. The summed E-state index contributed by atoms with van der Waals surface area (Å²) in [5, 5.41) is 6.07. The number of amides is 1. The highest BCUT2D eigenvalue weighted by Gasteiger charge is 2.13. The van der Waals surface area contributed by atoms with Crippen LogP contribution in [0.5, 0.6) is 5.75 Å². The van der Waals surface area contributed by atoms with Crippen molar-refractivity contribution in [1.82, 2.24) is 9.97 Å². The molecule has 0 aliphatic carbocycles. The van der Waals surface area contributed by atoms with Gasteiger partial charge in [-0.2, -0.15) is 0 Å². The Morgan fingerprint density at radius 3 is 2.57 bits per heavy atom. The monoisotopic (exact) mass is 376 g/mol. The van der Waals surface area contributed by atoms with Gasteiger partial charge in [0, 0.05) is 12.2 Å². The molecule has 2 N–H and O–H groups in total. The van der Waals surface area contributed by atoms with Gasteiger partial charge in [-0.15, -0.1) is 0 Å². The Balaban J connectivity index is 1.70. The summed E-state index contributed by atoms with van der Waals surface area (Å²) in [7, 11) is 1.57. The summed E-state index contributed by atoms with van der Waals surface area (Å²) in [5.41, 5.74) is 3.89. The average Bonchev–Trinajstić information content (AvgIpc) is 2.68. The number of aromatic nitrogens is 2. The van der Waals surface area contributed by atoms with Crippen molar-refractivity contribution in [3.63, 3.8) is 0 Å². The second-order valence-electron chi connectivity index (χ2n) is 6.54. The first kappa shape index (κ1) is 19.4. The number of hydrogen-bond acceptors (Lipinski definition) is 5. The van der Waals surface area contributed by atoms with E-state index in [2.05, 4.69) is 32.7 Å². The zero-order valence-corrected chi connectivity index (χ0v) is 16.3. The number of nitrogens with one attached hydrogen (secondary N) is 2. The normalized spacial score (nSPS) is 10.4. The largest absolute Gasteiger partial charge is 0.495 e. The highest BCUT2D eigenvalue weighted by Crippen LogP contribution is 2.25. The molecule has 0 fully saturated rings. The molecule has 0 spiro atoms. The van der Waals surface area contributed by atoms with Crippen LogP contribution in [0.4, 0.5) is 11.6 Å². The van der Waals surface area contributed by atoms with E-state index in [-0.39, 0.29) is 5.91 Å². The molecular formula is C22H24N4O2. The van der Waals surface area contributed by atoms with Crippen LogP contribution in [-0.4, -0.2) is 29.5 Å². The van der Waals surface area contributed by atoms with Gasteiger partial charge in [-0.3, -0.25) is 4.79 Å². The fourth-order valence-corrected chi connectivity index (χ4v) is 2.83. The van der Waals surface area contributed by atoms with Crippen LogP contribution in [0.15, 0.2) is 54.6 Å². The molecule has 1 heterocycles. The van der Waals surface area contributed by atoms with E-state index < -0.39 is 0 Å². The quantitative estimate of drug-likeness (QED) is 0.652. The number of rotatable bonds is 7. The van der Waals surface area contributed by atoms with Crippen molar-refractivity contribution in [2.45, 2.75) is 20.3 Å². The molecule has 0 aliphatic rings. The molecule has 0 aliphatic heterocycles. The van der Waals surface area contributed by atoms with E-state index in [1.54, 1.807) is 13.2 Å². The van der Waals surface area contributed by atoms with Gasteiger partial charge in [0.1, 0.15) is 11.4 Å². The molecule has 3 aromatic rings. The minimum absolute atomic E-state index is 0.304. The van der Waals surface area contributed by atoms with E-state index in [4.69, 9.17) is 4.74 Å². The minimum Gasteiger partial charge on any atom is -0.495 e. The standard InChI is InChI=1S/C22H24N4O2/c1-15-9-10-20(28-3)18(13-15)25-21(27)19-14-16(2)24-22(26-19)23-12-11-17-7-5-4-6-8-17/h4-10,13-14H,11-12H2,1-3H3,(H,25,27)(H,23,24,26). The summed E-state index contributed by atoms with van der Waals surface area (Å²) in [6.07, 6.45) is 0.847. The van der Waals surface area contributed by atoms with E-state index in [1.807, 2.05) is 50.2 Å². The molecule has 6 nitrogen and oxygen atoms in total. The molecule has 0 bridgehead atoms. The van der Waals surface area contributed by atoms with E-state index in [9.17, 15) is 4.79 Å². The Hall–Kier alpha value is -3.41. The fourth-order valence-electron chi connectivity index (χ4n) is 2.83. The Morgan fingerprint density at radius 1 is 1.04 bits per heavy atom. The van der Waals surface area contributed by atoms with E-state index in [1.165, 1.54) is 5.56 Å². The number of benzene rings is 2. The maximum Gasteiger partial charge on any atom is 0.274 e. The van der Waals surface area contributed by atoms with Crippen LogP contribution in [-0.2, 0) is 6.42 Å². The third kappa shape index (κ3) is 5.07. The van der Waals surface area contributed by atoms with E-state index in [0.717, 1.165) is 17.7 Å². The predicted octanol–water partition coefficient (Wildman–Crippen LogP) is 4.01. The summed E-state index contributed by atoms with van der Waals surface area (Å²) in [6.45, 7) is 4.48. The number of methoxy groups -OCH3 is 1. The smallest absolute Gasteiger partial charge is 0.274 e. The number of carbonyl (C=O) groups is 1. The Morgan fingerprint density at radius 2 is 1.82 bits per heavy atom. The summed E-state index contributed by atoms with van der Waals surface area (Å²) in [6, 6.07) is 17.5. The van der Waals surface area contributed by atoms with Gasteiger partial charge in [0.15, 0.2) is 0 Å². The first-order chi connectivity index (χ1) is 13.5. The molecule has 0 saturated carbocycles. The van der Waals surface area contributed by atoms with Crippen molar-refractivity contribution < 1.29 is 9.53 Å². The molecule has 2 aromatic carbocycles. The van der Waals surface area contributed by atoms with E-state index >= 15 is 0 Å². The maximum absolute atomic E-state index is 12.7. The van der Waals surface area contributed by atoms with Gasteiger partial charge < -0.3 is 15.4 Å². The highest BCUT2D eigenvalue weighted by molar-refractivity contribution is 6.04. The summed E-state index contributed by atoms with van der Waals surface area (Å²) in [4.78, 5) is 21.4. The maximum atomic E-state index is 12.7. The molecule has 1 aromatic heterocycles. The van der Waals surface area contributed by atoms with Crippen LogP contribution >= 0.6 is 0 Å². The predicted molar refractivity (Wildman–Crippen MR) is 111 cm³/mol. The molecular weight excluding hydrogens is 352 g/mol. The summed E-state index contributed by atoms with van der Waals surface area (Å²) >= 11 is 0. The fraction of sp³-hybridized carbons (Fsp3) is 0.227. The van der Waals surface area contributed by atoms with Gasteiger partial charge in [-0.1, -0.05) is 36.4 Å². The lowest BCUT2D eigenvalue weighted by Gasteiger charge is -2.12. The summed E-state index contributed by atoms with van der Waals surface area (Å²) in [5.74, 6) is 0.740. The van der Waals surface area contributed by atoms with Crippen molar-refractivity contribution in [2.24, 2.45) is 0 Å². The third-order valence-corrected chi connectivity index (χ3v) is 4.23. The average molecular weight is 376 g/mol. The lowest BCUT2D eigenvalue weighted by atomic mass is 10.1. The molecule has 0 saturated heterocycles. The lowest BCUT2D eigenvalue weighted by Crippen LogP contribution is -2.17. The number of carbonyl (C=O) groups excluding carboxylic acids is 1. The number of ether oxygens (including phenoxy) is 1. The Labute approximate surface area is 165 Å². The first-order valence-corrected chi connectivity index (χ1v) is 9.14. The highest BCUT2D eigenvalue weighted by atomic mass is 16.5. The van der Waals surface area contributed by atoms with Crippen LogP contribution in [0, 0.1) is 13.8 Å². The van der Waals surface area contributed by atoms with Gasteiger partial charge in [0.2, 0.25) is 5.95 Å². The Bertz CT molecular complexity index is 958. The number of anilines is 2. The molecule has 0 unspecified atom stereocenters. The van der Waals surface area contributed by atoms with Crippen LogP contribution in [0.1, 0.15) is 27.3 Å². The number of hydrogen-bond donors (Lipinski definition) is 2. The second kappa shape index (κ2) is 8.99. The van der Waals surface area contributed by atoms with Crippen LogP contribution in [0.2, 0.25) is 0 Å². The lowest BCUT2D eigenvalue weighted by molar-refractivity contribution is 0.102. The van der Waals surface area contributed by atoms with Crippen LogP contribution < -0.4 is 15.4 Å². The van der Waals surface area contributed by atoms with Gasteiger partial charge >= 0.3 is 0 Å². The molecule has 28 heavy (non-hydrogen) atoms.